The molecule has 24 heavy (non-hydrogen) atoms. The summed E-state index contributed by atoms with van der Waals surface area (Å²) < 4.78 is 16.0. The number of methoxy groups -OCH3 is 2. The Morgan fingerprint density at radius 2 is 1.92 bits per heavy atom. The maximum atomic E-state index is 12.0. The van der Waals surface area contributed by atoms with Gasteiger partial charge in [0.15, 0.2) is 11.5 Å². The molecule has 0 saturated heterocycles. The molecule has 2 rings (SSSR count). The number of nitrogens with one attached hydrogen (secondary N) is 1. The molecule has 128 valence electrons. The number of rotatable bonds is 8. The molecule has 0 unspecified atom stereocenters. The fraction of sp³-hybridized carbons (Fsp3) is 0.278. The first-order valence-corrected chi connectivity index (χ1v) is 7.85. The number of carbonyl (C=O) groups is 1. The molecule has 0 aromatic heterocycles. The van der Waals surface area contributed by atoms with Crippen molar-refractivity contribution < 1.29 is 19.0 Å². The average molecular weight is 350 g/mol. The van der Waals surface area contributed by atoms with Gasteiger partial charge in [0.1, 0.15) is 6.61 Å². The topological polar surface area (TPSA) is 56.8 Å². The lowest BCUT2D eigenvalue weighted by atomic mass is 10.2. The fourth-order valence-corrected chi connectivity index (χ4v) is 2.26. The third-order valence-electron chi connectivity index (χ3n) is 3.36. The van der Waals surface area contributed by atoms with Gasteiger partial charge in [0.25, 0.3) is 5.91 Å². The molecular weight excluding hydrogens is 330 g/mol. The maximum Gasteiger partial charge on any atom is 0.251 e. The third-order valence-corrected chi connectivity index (χ3v) is 3.73. The van der Waals surface area contributed by atoms with Crippen molar-refractivity contribution in [3.8, 4) is 11.5 Å². The summed E-state index contributed by atoms with van der Waals surface area (Å²) in [6.07, 6.45) is 0. The molecule has 0 bridgehead atoms. The number of carbonyl (C=O) groups excluding carboxylic acids is 1. The summed E-state index contributed by atoms with van der Waals surface area (Å²) >= 11 is 6.12. The van der Waals surface area contributed by atoms with Gasteiger partial charge in [0.05, 0.1) is 13.7 Å². The van der Waals surface area contributed by atoms with Crippen molar-refractivity contribution in [3.05, 3.63) is 58.6 Å². The molecule has 1 amide bonds. The summed E-state index contributed by atoms with van der Waals surface area (Å²) in [5, 5.41) is 3.40. The Labute approximate surface area is 146 Å². The molecule has 5 nitrogen and oxygen atoms in total. The van der Waals surface area contributed by atoms with Crippen molar-refractivity contribution in [3.63, 3.8) is 0 Å². The Kier molecular flexibility index (Phi) is 6.90. The second-order valence-electron chi connectivity index (χ2n) is 4.99. The smallest absolute Gasteiger partial charge is 0.251 e. The normalized spacial score (nSPS) is 10.3. The van der Waals surface area contributed by atoms with Gasteiger partial charge >= 0.3 is 0 Å². The van der Waals surface area contributed by atoms with Crippen LogP contribution in [-0.4, -0.2) is 33.3 Å². The molecule has 0 spiro atoms. The summed E-state index contributed by atoms with van der Waals surface area (Å²) in [7, 11) is 3.12. The number of ether oxygens (including phenoxy) is 3. The van der Waals surface area contributed by atoms with E-state index in [1.165, 1.54) is 7.11 Å². The van der Waals surface area contributed by atoms with Crippen LogP contribution in [0.3, 0.4) is 0 Å². The highest BCUT2D eigenvalue weighted by Gasteiger charge is 2.11. The number of hydrogen-bond acceptors (Lipinski definition) is 4. The molecule has 2 aromatic rings. The van der Waals surface area contributed by atoms with Gasteiger partial charge in [-0.2, -0.15) is 0 Å². The second-order valence-corrected chi connectivity index (χ2v) is 5.40. The monoisotopic (exact) mass is 349 g/mol. The highest BCUT2D eigenvalue weighted by molar-refractivity contribution is 6.31. The van der Waals surface area contributed by atoms with Crippen LogP contribution in [0, 0.1) is 0 Å². The summed E-state index contributed by atoms with van der Waals surface area (Å²) in [5.41, 5.74) is 1.37. The Hall–Kier alpha value is -2.24. The highest BCUT2D eigenvalue weighted by Crippen LogP contribution is 2.29. The Morgan fingerprint density at radius 1 is 1.12 bits per heavy atom. The molecule has 2 aromatic carbocycles. The molecule has 6 heteroatoms. The minimum Gasteiger partial charge on any atom is -0.493 e. The van der Waals surface area contributed by atoms with Crippen LogP contribution >= 0.6 is 11.6 Å². The minimum absolute atomic E-state index is 0.192. The predicted octanol–water partition coefficient (Wildman–Crippen LogP) is 3.30. The van der Waals surface area contributed by atoms with Gasteiger partial charge in [-0.05, 0) is 24.3 Å². The summed E-state index contributed by atoms with van der Waals surface area (Å²) in [5.74, 6) is 0.843. The highest BCUT2D eigenvalue weighted by atomic mass is 35.5. The lowest BCUT2D eigenvalue weighted by molar-refractivity contribution is 0.0936. The zero-order valence-corrected chi connectivity index (χ0v) is 14.4. The Bertz CT molecular complexity index is 690. The van der Waals surface area contributed by atoms with Crippen LogP contribution < -0.4 is 14.8 Å². The van der Waals surface area contributed by atoms with Crippen LogP contribution in [0.4, 0.5) is 0 Å². The predicted molar refractivity (Wildman–Crippen MR) is 93.0 cm³/mol. The van der Waals surface area contributed by atoms with Crippen LogP contribution in [0.15, 0.2) is 42.5 Å². The van der Waals surface area contributed by atoms with E-state index in [0.717, 1.165) is 5.56 Å². The molecule has 0 aliphatic heterocycles. The molecule has 1 N–H and O–H groups in total. The van der Waals surface area contributed by atoms with Gasteiger partial charge in [-0.1, -0.05) is 29.8 Å². The van der Waals surface area contributed by atoms with E-state index in [9.17, 15) is 4.79 Å². The Morgan fingerprint density at radius 3 is 2.62 bits per heavy atom. The standard InChI is InChI=1S/C18H20ClNO4/c1-22-10-9-20-18(21)13-7-8-16(17(11-13)23-2)24-12-14-5-3-4-6-15(14)19/h3-8,11H,9-10,12H2,1-2H3,(H,20,21). The molecular formula is C18H20ClNO4. The van der Waals surface area contributed by atoms with Crippen LogP contribution in [0.25, 0.3) is 0 Å². The van der Waals surface area contributed by atoms with E-state index < -0.39 is 0 Å². The van der Waals surface area contributed by atoms with Gasteiger partial charge in [0.2, 0.25) is 0 Å². The van der Waals surface area contributed by atoms with Gasteiger partial charge in [-0.25, -0.2) is 0 Å². The van der Waals surface area contributed by atoms with Crippen molar-refractivity contribution >= 4 is 17.5 Å². The molecule has 0 fully saturated rings. The first-order chi connectivity index (χ1) is 11.7. The molecule has 0 radical (unpaired) electrons. The lowest BCUT2D eigenvalue weighted by Crippen LogP contribution is -2.26. The van der Waals surface area contributed by atoms with Gasteiger partial charge in [0, 0.05) is 29.8 Å². The lowest BCUT2D eigenvalue weighted by Gasteiger charge is -2.13. The van der Waals surface area contributed by atoms with Crippen molar-refractivity contribution in [2.24, 2.45) is 0 Å². The average Bonchev–Trinajstić information content (AvgIpc) is 2.61. The summed E-state index contributed by atoms with van der Waals surface area (Å²) in [6.45, 7) is 1.22. The zero-order chi connectivity index (χ0) is 17.4. The van der Waals surface area contributed by atoms with Crippen LogP contribution in [0.5, 0.6) is 11.5 Å². The molecule has 0 aliphatic rings. The summed E-state index contributed by atoms with van der Waals surface area (Å²) in [6, 6.07) is 12.5. The van der Waals surface area contributed by atoms with Gasteiger partial charge in [-0.15, -0.1) is 0 Å². The van der Waals surface area contributed by atoms with E-state index >= 15 is 0 Å². The van der Waals surface area contributed by atoms with E-state index in [4.69, 9.17) is 25.8 Å². The van der Waals surface area contributed by atoms with Crippen LogP contribution in [0.2, 0.25) is 5.02 Å². The van der Waals surface area contributed by atoms with E-state index in [2.05, 4.69) is 5.32 Å². The van der Waals surface area contributed by atoms with Crippen LogP contribution in [0.1, 0.15) is 15.9 Å². The number of amides is 1. The molecule has 0 heterocycles. The number of benzene rings is 2. The van der Waals surface area contributed by atoms with E-state index in [-0.39, 0.29) is 5.91 Å². The number of halogens is 1. The SMILES string of the molecule is COCCNC(=O)c1ccc(OCc2ccccc2Cl)c(OC)c1. The molecule has 0 aliphatic carbocycles. The quantitative estimate of drug-likeness (QED) is 0.743. The van der Waals surface area contributed by atoms with E-state index in [1.54, 1.807) is 25.3 Å². The zero-order valence-electron chi connectivity index (χ0n) is 13.7. The Balaban J connectivity index is 2.06. The first-order valence-electron chi connectivity index (χ1n) is 7.47. The van der Waals surface area contributed by atoms with E-state index in [0.29, 0.717) is 41.8 Å². The fourth-order valence-electron chi connectivity index (χ4n) is 2.07. The van der Waals surface area contributed by atoms with Crippen molar-refractivity contribution in [2.75, 3.05) is 27.4 Å². The van der Waals surface area contributed by atoms with Crippen molar-refractivity contribution in [1.29, 1.82) is 0 Å². The largest absolute Gasteiger partial charge is 0.493 e. The minimum atomic E-state index is -0.192. The second kappa shape index (κ2) is 9.15. The number of hydrogen-bond donors (Lipinski definition) is 1. The molecule has 0 atom stereocenters. The first kappa shape index (κ1) is 18.1. The molecule has 0 saturated carbocycles. The third kappa shape index (κ3) is 4.88. The van der Waals surface area contributed by atoms with Gasteiger partial charge in [-0.3, -0.25) is 4.79 Å². The maximum absolute atomic E-state index is 12.0. The summed E-state index contributed by atoms with van der Waals surface area (Å²) in [4.78, 5) is 12.0. The van der Waals surface area contributed by atoms with Crippen molar-refractivity contribution in [2.45, 2.75) is 6.61 Å². The van der Waals surface area contributed by atoms with Crippen LogP contribution in [-0.2, 0) is 11.3 Å². The van der Waals surface area contributed by atoms with Crippen molar-refractivity contribution in [1.82, 2.24) is 5.32 Å². The van der Waals surface area contributed by atoms with Gasteiger partial charge < -0.3 is 19.5 Å². The van der Waals surface area contributed by atoms with E-state index in [1.807, 2.05) is 24.3 Å².